The number of carbonyl (C=O) groups is 4. The lowest BCUT2D eigenvalue weighted by Crippen LogP contribution is -2.48. The molecule has 0 radical (unpaired) electrons. The maximum atomic E-state index is 14.4. The Morgan fingerprint density at radius 2 is 1.59 bits per heavy atom. The summed E-state index contributed by atoms with van der Waals surface area (Å²) in [4.78, 5) is 59.0. The molecule has 44 heavy (non-hydrogen) atoms. The average molecular weight is 591 g/mol. The molecule has 2 heterocycles. The van der Waals surface area contributed by atoms with Gasteiger partial charge in [-0.1, -0.05) is 54.1 Å². The lowest BCUT2D eigenvalue weighted by molar-refractivity contribution is -0.140. The molecule has 0 spiro atoms. The van der Waals surface area contributed by atoms with Gasteiger partial charge in [0, 0.05) is 12.5 Å². The zero-order valence-electron chi connectivity index (χ0n) is 24.6. The summed E-state index contributed by atoms with van der Waals surface area (Å²) >= 11 is 0. The van der Waals surface area contributed by atoms with Gasteiger partial charge in [-0.15, -0.1) is 0 Å². The second-order valence-corrected chi connectivity index (χ2v) is 12.8. The number of phenols is 2. The standard InChI is InChI=1S/C36H34N2O6/c1-20-18-22(10-15-29(20)40)31-25-13-14-26-30(34(43)37(32(26)41)17-16-21-8-11-24(39)12-9-21)27(25)19-28-33(42)38(35(44)36(28,31)2)23-6-4-3-5-7-23/h3-13,15,18,26-28,30-31,39-40H,14,16-17,19H2,1-2H3. The van der Waals surface area contributed by atoms with Gasteiger partial charge < -0.3 is 10.2 Å². The highest BCUT2D eigenvalue weighted by Gasteiger charge is 2.67. The molecule has 6 atom stereocenters. The van der Waals surface area contributed by atoms with Crippen LogP contribution >= 0.6 is 0 Å². The normalized spacial score (nSPS) is 29.4. The molecule has 0 aromatic heterocycles. The first kappa shape index (κ1) is 28.1. The van der Waals surface area contributed by atoms with Gasteiger partial charge >= 0.3 is 0 Å². The number of rotatable bonds is 5. The molecular formula is C36H34N2O6. The minimum absolute atomic E-state index is 0.140. The van der Waals surface area contributed by atoms with Crippen molar-refractivity contribution in [2.24, 2.45) is 29.1 Å². The van der Waals surface area contributed by atoms with Crippen molar-refractivity contribution in [2.75, 3.05) is 11.4 Å². The maximum absolute atomic E-state index is 14.4. The summed E-state index contributed by atoms with van der Waals surface area (Å²) in [6.45, 7) is 3.90. The number of allylic oxidation sites excluding steroid dienone is 2. The van der Waals surface area contributed by atoms with Crippen LogP contribution in [-0.2, 0) is 25.6 Å². The van der Waals surface area contributed by atoms with E-state index in [-0.39, 0.29) is 47.6 Å². The molecule has 6 unspecified atom stereocenters. The van der Waals surface area contributed by atoms with Crippen LogP contribution in [0.5, 0.6) is 11.5 Å². The van der Waals surface area contributed by atoms with Crippen LogP contribution in [0.1, 0.15) is 42.4 Å². The van der Waals surface area contributed by atoms with E-state index in [2.05, 4.69) is 0 Å². The Morgan fingerprint density at radius 3 is 2.30 bits per heavy atom. The lowest BCUT2D eigenvalue weighted by atomic mass is 9.51. The molecule has 8 nitrogen and oxygen atoms in total. The maximum Gasteiger partial charge on any atom is 0.241 e. The van der Waals surface area contributed by atoms with Gasteiger partial charge in [0.2, 0.25) is 23.6 Å². The number of carbonyl (C=O) groups excluding carboxylic acids is 4. The van der Waals surface area contributed by atoms with Gasteiger partial charge in [0.05, 0.1) is 28.9 Å². The van der Waals surface area contributed by atoms with E-state index in [0.29, 0.717) is 30.5 Å². The van der Waals surface area contributed by atoms with Gasteiger partial charge in [-0.3, -0.25) is 24.1 Å². The van der Waals surface area contributed by atoms with Crippen LogP contribution in [-0.4, -0.2) is 45.3 Å². The molecule has 2 aliphatic heterocycles. The minimum Gasteiger partial charge on any atom is -0.508 e. The summed E-state index contributed by atoms with van der Waals surface area (Å²) in [6, 6.07) is 20.9. The average Bonchev–Trinajstić information content (AvgIpc) is 3.38. The van der Waals surface area contributed by atoms with E-state index in [4.69, 9.17) is 0 Å². The number of anilines is 1. The molecule has 4 aliphatic rings. The number of benzene rings is 3. The van der Waals surface area contributed by atoms with Crippen molar-refractivity contribution in [1.29, 1.82) is 0 Å². The third-order valence-corrected chi connectivity index (χ3v) is 10.5. The first-order valence-corrected chi connectivity index (χ1v) is 15.2. The van der Waals surface area contributed by atoms with Crippen molar-refractivity contribution >= 4 is 29.3 Å². The van der Waals surface area contributed by atoms with Gasteiger partial charge in [0.25, 0.3) is 0 Å². The first-order chi connectivity index (χ1) is 21.1. The van der Waals surface area contributed by atoms with Gasteiger partial charge in [-0.2, -0.15) is 0 Å². The van der Waals surface area contributed by atoms with Crippen molar-refractivity contribution in [3.05, 3.63) is 101 Å². The van der Waals surface area contributed by atoms with Crippen molar-refractivity contribution in [2.45, 2.75) is 39.0 Å². The van der Waals surface area contributed by atoms with Crippen LogP contribution in [0.25, 0.3) is 0 Å². The number of likely N-dealkylation sites (tertiary alicyclic amines) is 1. The Kier molecular flexibility index (Phi) is 6.50. The molecule has 7 rings (SSSR count). The smallest absolute Gasteiger partial charge is 0.241 e. The van der Waals surface area contributed by atoms with Crippen molar-refractivity contribution in [1.82, 2.24) is 4.90 Å². The fourth-order valence-corrected chi connectivity index (χ4v) is 8.27. The zero-order valence-corrected chi connectivity index (χ0v) is 24.6. The molecule has 3 fully saturated rings. The number of phenolic OH excluding ortho intramolecular Hbond substituents is 2. The number of fused-ring (bicyclic) bond motifs is 4. The summed E-state index contributed by atoms with van der Waals surface area (Å²) in [5.41, 5.74) is 2.69. The fraction of sp³-hybridized carbons (Fsp3) is 0.333. The summed E-state index contributed by atoms with van der Waals surface area (Å²) in [5, 5.41) is 19.9. The van der Waals surface area contributed by atoms with Crippen LogP contribution in [0.2, 0.25) is 0 Å². The zero-order chi connectivity index (χ0) is 30.9. The van der Waals surface area contributed by atoms with Gasteiger partial charge in [0.1, 0.15) is 11.5 Å². The predicted octanol–water partition coefficient (Wildman–Crippen LogP) is 4.88. The van der Waals surface area contributed by atoms with E-state index >= 15 is 0 Å². The molecule has 4 amide bonds. The van der Waals surface area contributed by atoms with E-state index < -0.39 is 29.1 Å². The Morgan fingerprint density at radius 1 is 0.864 bits per heavy atom. The number of hydrogen-bond donors (Lipinski definition) is 2. The topological polar surface area (TPSA) is 115 Å². The van der Waals surface area contributed by atoms with Crippen LogP contribution < -0.4 is 4.90 Å². The fourth-order valence-electron chi connectivity index (χ4n) is 8.27. The van der Waals surface area contributed by atoms with Crippen LogP contribution in [0.4, 0.5) is 5.69 Å². The van der Waals surface area contributed by atoms with Gasteiger partial charge in [-0.05, 0) is 86.1 Å². The number of para-hydroxylation sites is 1. The molecule has 2 N–H and O–H groups in total. The highest BCUT2D eigenvalue weighted by Crippen LogP contribution is 2.63. The van der Waals surface area contributed by atoms with Crippen molar-refractivity contribution in [3.8, 4) is 11.5 Å². The Labute approximate surface area is 255 Å². The third kappa shape index (κ3) is 4.03. The number of imide groups is 2. The highest BCUT2D eigenvalue weighted by atomic mass is 16.3. The predicted molar refractivity (Wildman–Crippen MR) is 162 cm³/mol. The number of aromatic hydroxyl groups is 2. The lowest BCUT2D eigenvalue weighted by Gasteiger charge is -2.49. The highest BCUT2D eigenvalue weighted by molar-refractivity contribution is 6.24. The molecule has 8 heteroatoms. The van der Waals surface area contributed by atoms with Crippen LogP contribution in [0.15, 0.2) is 84.4 Å². The Bertz CT molecular complexity index is 1730. The van der Waals surface area contributed by atoms with Crippen LogP contribution in [0, 0.1) is 36.0 Å². The van der Waals surface area contributed by atoms with E-state index in [0.717, 1.165) is 16.7 Å². The van der Waals surface area contributed by atoms with Gasteiger partial charge in [-0.25, -0.2) is 4.90 Å². The molecular weight excluding hydrogens is 556 g/mol. The van der Waals surface area contributed by atoms with E-state index in [1.165, 1.54) is 9.80 Å². The van der Waals surface area contributed by atoms with E-state index in [9.17, 15) is 29.4 Å². The number of amides is 4. The quantitative estimate of drug-likeness (QED) is 0.323. The Hall–Kier alpha value is -4.72. The van der Waals surface area contributed by atoms with Crippen molar-refractivity contribution < 1.29 is 29.4 Å². The largest absolute Gasteiger partial charge is 0.508 e. The van der Waals surface area contributed by atoms with Crippen LogP contribution in [0.3, 0.4) is 0 Å². The number of nitrogens with zero attached hydrogens (tertiary/aromatic N) is 2. The monoisotopic (exact) mass is 590 g/mol. The summed E-state index contributed by atoms with van der Waals surface area (Å²) in [7, 11) is 0. The molecule has 0 bridgehead atoms. The Balaban J connectivity index is 1.29. The summed E-state index contributed by atoms with van der Waals surface area (Å²) < 4.78 is 0. The summed E-state index contributed by atoms with van der Waals surface area (Å²) in [5.74, 6) is -3.40. The number of hydrogen-bond acceptors (Lipinski definition) is 6. The second kappa shape index (κ2) is 10.2. The first-order valence-electron chi connectivity index (χ1n) is 15.2. The molecule has 3 aromatic carbocycles. The summed E-state index contributed by atoms with van der Waals surface area (Å²) in [6.07, 6.45) is 3.19. The van der Waals surface area contributed by atoms with E-state index in [1.807, 2.05) is 25.1 Å². The molecule has 2 aliphatic carbocycles. The molecule has 3 aromatic rings. The molecule has 1 saturated carbocycles. The molecule has 224 valence electrons. The second-order valence-electron chi connectivity index (χ2n) is 12.8. The van der Waals surface area contributed by atoms with Gasteiger partial charge in [0.15, 0.2) is 0 Å². The van der Waals surface area contributed by atoms with E-state index in [1.54, 1.807) is 67.6 Å². The third-order valence-electron chi connectivity index (χ3n) is 10.5. The molecule has 2 saturated heterocycles. The number of aryl methyl sites for hydroxylation is 1. The minimum atomic E-state index is -1.12. The van der Waals surface area contributed by atoms with Crippen molar-refractivity contribution in [3.63, 3.8) is 0 Å². The SMILES string of the molecule is Cc1cc(C2C3=CCC4C(=O)N(CCc5ccc(O)cc5)C(=O)C4C3CC3C(=O)N(c4ccccc4)C(=O)C32C)ccc1O.